The van der Waals surface area contributed by atoms with Crippen LogP contribution in [0.3, 0.4) is 0 Å². The number of nitrogens with zero attached hydrogens (tertiary/aromatic N) is 1. The number of nitrogens with one attached hydrogen (secondary N) is 1. The third kappa shape index (κ3) is 4.57. The molecule has 0 radical (unpaired) electrons. The summed E-state index contributed by atoms with van der Waals surface area (Å²) in [6, 6.07) is 13.9. The molecule has 0 spiro atoms. The first-order chi connectivity index (χ1) is 12.9. The van der Waals surface area contributed by atoms with E-state index in [2.05, 4.69) is 19.2 Å². The molecule has 27 heavy (non-hydrogen) atoms. The maximum absolute atomic E-state index is 12.9. The van der Waals surface area contributed by atoms with Crippen LogP contribution in [0.1, 0.15) is 42.6 Å². The number of hydrogen-bond donors (Lipinski definition) is 1. The molecular formula is C21H26N2O3S. The van der Waals surface area contributed by atoms with Crippen LogP contribution in [0.15, 0.2) is 53.4 Å². The van der Waals surface area contributed by atoms with Crippen LogP contribution in [-0.2, 0) is 16.4 Å². The van der Waals surface area contributed by atoms with Crippen molar-refractivity contribution in [2.45, 2.75) is 38.0 Å². The highest BCUT2D eigenvalue weighted by molar-refractivity contribution is 7.89. The molecule has 0 aliphatic carbocycles. The molecule has 2 aromatic rings. The van der Waals surface area contributed by atoms with Gasteiger partial charge in [-0.05, 0) is 61.1 Å². The highest BCUT2D eigenvalue weighted by atomic mass is 32.2. The van der Waals surface area contributed by atoms with Crippen LogP contribution in [0.2, 0.25) is 0 Å². The summed E-state index contributed by atoms with van der Waals surface area (Å²) >= 11 is 0. The minimum absolute atomic E-state index is 0.172. The number of rotatable bonds is 5. The maximum Gasteiger partial charge on any atom is 0.255 e. The van der Waals surface area contributed by atoms with Gasteiger partial charge in [-0.15, -0.1) is 0 Å². The van der Waals surface area contributed by atoms with Crippen molar-refractivity contribution in [1.29, 1.82) is 0 Å². The minimum atomic E-state index is -3.58. The number of carbonyl (C=O) groups is 1. The first-order valence-corrected chi connectivity index (χ1v) is 10.8. The SMILES string of the molecule is CCc1ccc(NC(=O)c2cccc(S(=O)(=O)N3CCCC(C)C3)c2)cc1. The van der Waals surface area contributed by atoms with E-state index in [-0.39, 0.29) is 10.8 Å². The van der Waals surface area contributed by atoms with Gasteiger partial charge in [0.25, 0.3) is 5.91 Å². The molecule has 5 nitrogen and oxygen atoms in total. The molecule has 0 bridgehead atoms. The number of carbonyl (C=O) groups excluding carboxylic acids is 1. The molecule has 1 heterocycles. The van der Waals surface area contributed by atoms with Gasteiger partial charge in [-0.2, -0.15) is 4.31 Å². The van der Waals surface area contributed by atoms with Crippen molar-refractivity contribution in [3.63, 3.8) is 0 Å². The van der Waals surface area contributed by atoms with Crippen LogP contribution in [-0.4, -0.2) is 31.7 Å². The molecule has 1 atom stereocenters. The summed E-state index contributed by atoms with van der Waals surface area (Å²) < 4.78 is 27.4. The summed E-state index contributed by atoms with van der Waals surface area (Å²) in [6.45, 7) is 5.20. The Hall–Kier alpha value is -2.18. The van der Waals surface area contributed by atoms with E-state index in [1.165, 1.54) is 15.9 Å². The lowest BCUT2D eigenvalue weighted by Gasteiger charge is -2.30. The van der Waals surface area contributed by atoms with Gasteiger partial charge in [-0.25, -0.2) is 8.42 Å². The second kappa shape index (κ2) is 8.23. The molecule has 6 heteroatoms. The summed E-state index contributed by atoms with van der Waals surface area (Å²) in [6.07, 6.45) is 2.85. The van der Waals surface area contributed by atoms with Crippen molar-refractivity contribution < 1.29 is 13.2 Å². The van der Waals surface area contributed by atoms with E-state index in [4.69, 9.17) is 0 Å². The number of hydrogen-bond acceptors (Lipinski definition) is 3. The summed E-state index contributed by atoms with van der Waals surface area (Å²) in [4.78, 5) is 12.7. The molecule has 3 rings (SSSR count). The molecule has 1 saturated heterocycles. The van der Waals surface area contributed by atoms with E-state index >= 15 is 0 Å². The fraction of sp³-hybridized carbons (Fsp3) is 0.381. The third-order valence-electron chi connectivity index (χ3n) is 4.97. The second-order valence-corrected chi connectivity index (χ2v) is 9.08. The Morgan fingerprint density at radius 1 is 1.19 bits per heavy atom. The Morgan fingerprint density at radius 2 is 1.93 bits per heavy atom. The van der Waals surface area contributed by atoms with Crippen LogP contribution in [0.4, 0.5) is 5.69 Å². The van der Waals surface area contributed by atoms with E-state index in [1.807, 2.05) is 24.3 Å². The average Bonchev–Trinajstić information content (AvgIpc) is 2.68. The predicted molar refractivity (Wildman–Crippen MR) is 107 cm³/mol. The Kier molecular flexibility index (Phi) is 5.97. The summed E-state index contributed by atoms with van der Waals surface area (Å²) in [5.41, 5.74) is 2.22. The van der Waals surface area contributed by atoms with Gasteiger partial charge < -0.3 is 5.32 Å². The van der Waals surface area contributed by atoms with Crippen molar-refractivity contribution in [2.75, 3.05) is 18.4 Å². The van der Waals surface area contributed by atoms with Gasteiger partial charge in [0.05, 0.1) is 4.90 Å². The Morgan fingerprint density at radius 3 is 2.59 bits per heavy atom. The summed E-state index contributed by atoms with van der Waals surface area (Å²) in [7, 11) is -3.58. The smallest absolute Gasteiger partial charge is 0.255 e. The average molecular weight is 387 g/mol. The van der Waals surface area contributed by atoms with Gasteiger partial charge in [0.15, 0.2) is 0 Å². The van der Waals surface area contributed by atoms with Gasteiger partial charge in [-0.1, -0.05) is 32.0 Å². The van der Waals surface area contributed by atoms with Crippen LogP contribution in [0, 0.1) is 5.92 Å². The Labute approximate surface area is 161 Å². The molecule has 1 unspecified atom stereocenters. The topological polar surface area (TPSA) is 66.5 Å². The van der Waals surface area contributed by atoms with E-state index in [0.29, 0.717) is 30.3 Å². The highest BCUT2D eigenvalue weighted by Gasteiger charge is 2.29. The van der Waals surface area contributed by atoms with Crippen molar-refractivity contribution >= 4 is 21.6 Å². The summed E-state index contributed by atoms with van der Waals surface area (Å²) in [5.74, 6) is 0.0365. The molecule has 1 amide bonds. The molecule has 0 saturated carbocycles. The zero-order valence-electron chi connectivity index (χ0n) is 15.8. The number of sulfonamides is 1. The molecule has 1 aliphatic rings. The van der Waals surface area contributed by atoms with Gasteiger partial charge >= 0.3 is 0 Å². The van der Waals surface area contributed by atoms with Gasteiger partial charge in [0, 0.05) is 24.3 Å². The van der Waals surface area contributed by atoms with Crippen molar-refractivity contribution in [2.24, 2.45) is 5.92 Å². The molecule has 0 aromatic heterocycles. The highest BCUT2D eigenvalue weighted by Crippen LogP contribution is 2.24. The third-order valence-corrected chi connectivity index (χ3v) is 6.83. The lowest BCUT2D eigenvalue weighted by Crippen LogP contribution is -2.39. The van der Waals surface area contributed by atoms with E-state index in [9.17, 15) is 13.2 Å². The maximum atomic E-state index is 12.9. The fourth-order valence-corrected chi connectivity index (χ4v) is 4.98. The van der Waals surface area contributed by atoms with Crippen molar-refractivity contribution in [3.05, 3.63) is 59.7 Å². The quantitative estimate of drug-likeness (QED) is 0.847. The van der Waals surface area contributed by atoms with Crippen LogP contribution in [0.25, 0.3) is 0 Å². The van der Waals surface area contributed by atoms with Gasteiger partial charge in [-0.3, -0.25) is 4.79 Å². The molecule has 2 aromatic carbocycles. The van der Waals surface area contributed by atoms with Crippen molar-refractivity contribution in [1.82, 2.24) is 4.31 Å². The van der Waals surface area contributed by atoms with E-state index < -0.39 is 10.0 Å². The predicted octanol–water partition coefficient (Wildman–Crippen LogP) is 3.92. The molecule has 1 aliphatic heterocycles. The lowest BCUT2D eigenvalue weighted by atomic mass is 10.0. The van der Waals surface area contributed by atoms with Crippen LogP contribution < -0.4 is 5.32 Å². The first kappa shape index (κ1) is 19.6. The van der Waals surface area contributed by atoms with Gasteiger partial charge in [0.1, 0.15) is 0 Å². The summed E-state index contributed by atoms with van der Waals surface area (Å²) in [5, 5.41) is 2.83. The zero-order chi connectivity index (χ0) is 19.4. The Bertz CT molecular complexity index is 907. The normalized spacial score (nSPS) is 18.2. The van der Waals surface area contributed by atoms with Crippen LogP contribution in [0.5, 0.6) is 0 Å². The Balaban J connectivity index is 1.78. The number of benzene rings is 2. The number of amides is 1. The largest absolute Gasteiger partial charge is 0.322 e. The number of anilines is 1. The first-order valence-electron chi connectivity index (χ1n) is 9.40. The minimum Gasteiger partial charge on any atom is -0.322 e. The molecule has 1 N–H and O–H groups in total. The van der Waals surface area contributed by atoms with E-state index in [0.717, 1.165) is 19.3 Å². The van der Waals surface area contributed by atoms with Crippen molar-refractivity contribution in [3.8, 4) is 0 Å². The number of piperidine rings is 1. The molecular weight excluding hydrogens is 360 g/mol. The standard InChI is InChI=1S/C21H26N2O3S/c1-3-17-9-11-19(12-10-17)22-21(24)18-7-4-8-20(14-18)27(25,26)23-13-5-6-16(2)15-23/h4,7-12,14,16H,3,5-6,13,15H2,1-2H3,(H,22,24). The molecule has 144 valence electrons. The van der Waals surface area contributed by atoms with Gasteiger partial charge in [0.2, 0.25) is 10.0 Å². The second-order valence-electron chi connectivity index (χ2n) is 7.14. The fourth-order valence-electron chi connectivity index (χ4n) is 3.34. The zero-order valence-corrected chi connectivity index (χ0v) is 16.6. The number of aryl methyl sites for hydroxylation is 1. The van der Waals surface area contributed by atoms with Crippen LogP contribution >= 0.6 is 0 Å². The van der Waals surface area contributed by atoms with E-state index in [1.54, 1.807) is 18.2 Å². The molecule has 1 fully saturated rings. The monoisotopic (exact) mass is 386 g/mol. The lowest BCUT2D eigenvalue weighted by molar-refractivity contribution is 0.102.